The lowest BCUT2D eigenvalue weighted by Crippen LogP contribution is -2.27. The number of hydrogen-bond donors (Lipinski definition) is 1. The molecule has 190 valence electrons. The summed E-state index contributed by atoms with van der Waals surface area (Å²) in [4.78, 5) is 39.2. The molecule has 1 aliphatic rings. The number of carbonyl (C=O) groups excluding carboxylic acids is 3. The number of nitrogens with one attached hydrogen (secondary N) is 1. The van der Waals surface area contributed by atoms with Gasteiger partial charge in [-0.1, -0.05) is 47.5 Å². The summed E-state index contributed by atoms with van der Waals surface area (Å²) >= 11 is 16.3. The fraction of sp³-hybridized carbons (Fsp3) is 0.115. The van der Waals surface area contributed by atoms with Crippen LogP contribution >= 0.6 is 50.9 Å². The van der Waals surface area contributed by atoms with Gasteiger partial charge in [-0.3, -0.25) is 19.3 Å². The lowest BCUT2D eigenvalue weighted by molar-refractivity contribution is -0.123. The van der Waals surface area contributed by atoms with E-state index >= 15 is 0 Å². The van der Waals surface area contributed by atoms with E-state index in [2.05, 4.69) is 21.2 Å². The highest BCUT2D eigenvalue weighted by Crippen LogP contribution is 2.39. The van der Waals surface area contributed by atoms with Gasteiger partial charge in [-0.05, 0) is 81.3 Å². The van der Waals surface area contributed by atoms with E-state index in [0.29, 0.717) is 37.3 Å². The Balaban J connectivity index is 1.47. The first-order valence-electron chi connectivity index (χ1n) is 10.8. The molecule has 0 aromatic heterocycles. The van der Waals surface area contributed by atoms with E-state index in [9.17, 15) is 14.4 Å². The molecule has 3 amide bonds. The van der Waals surface area contributed by atoms with Gasteiger partial charge in [0.1, 0.15) is 0 Å². The fourth-order valence-corrected chi connectivity index (χ4v) is 5.13. The van der Waals surface area contributed by atoms with E-state index in [-0.39, 0.29) is 23.3 Å². The molecule has 1 aliphatic heterocycles. The van der Waals surface area contributed by atoms with Gasteiger partial charge < -0.3 is 14.8 Å². The summed E-state index contributed by atoms with van der Waals surface area (Å²) in [6.45, 7) is -0.141. The average molecular weight is 622 g/mol. The van der Waals surface area contributed by atoms with E-state index in [1.807, 2.05) is 0 Å². The molecule has 3 aromatic carbocycles. The monoisotopic (exact) mass is 620 g/mol. The number of anilines is 1. The number of imide groups is 1. The van der Waals surface area contributed by atoms with E-state index < -0.39 is 11.8 Å². The fourth-order valence-electron chi connectivity index (χ4n) is 3.41. The number of para-hydroxylation sites is 1. The highest BCUT2D eigenvalue weighted by atomic mass is 79.9. The summed E-state index contributed by atoms with van der Waals surface area (Å²) in [6.07, 6.45) is 1.61. The van der Waals surface area contributed by atoms with Crippen LogP contribution in [0.3, 0.4) is 0 Å². The highest BCUT2D eigenvalue weighted by Gasteiger charge is 2.35. The summed E-state index contributed by atoms with van der Waals surface area (Å²) in [5.74, 6) is -0.145. The smallest absolute Gasteiger partial charge is 0.293 e. The van der Waals surface area contributed by atoms with Crippen molar-refractivity contribution in [3.8, 4) is 11.5 Å². The number of thioether (sulfide) groups is 1. The number of hydrogen-bond acceptors (Lipinski definition) is 6. The SMILES string of the molecule is COc1cc(/C=C2\SC(=O)N(Cc3ccc(Cl)cc3)C2=O)cc(Br)c1OCC(=O)Nc1ccccc1Cl. The van der Waals surface area contributed by atoms with Crippen LogP contribution in [0.5, 0.6) is 11.5 Å². The average Bonchev–Trinajstić information content (AvgIpc) is 3.13. The van der Waals surface area contributed by atoms with Crippen molar-refractivity contribution in [2.24, 2.45) is 0 Å². The van der Waals surface area contributed by atoms with E-state index in [1.165, 1.54) is 12.0 Å². The van der Waals surface area contributed by atoms with E-state index in [0.717, 1.165) is 17.3 Å². The second kappa shape index (κ2) is 12.0. The Labute approximate surface area is 235 Å². The first kappa shape index (κ1) is 27.1. The summed E-state index contributed by atoms with van der Waals surface area (Å²) in [5.41, 5.74) is 1.87. The molecule has 3 aromatic rings. The Morgan fingerprint density at radius 3 is 2.54 bits per heavy atom. The number of rotatable bonds is 8. The minimum absolute atomic E-state index is 0.148. The first-order valence-corrected chi connectivity index (χ1v) is 13.2. The van der Waals surface area contributed by atoms with Crippen LogP contribution in [0, 0.1) is 0 Å². The second-order valence-corrected chi connectivity index (χ2v) is 10.4. The summed E-state index contributed by atoms with van der Waals surface area (Å²) in [5, 5.41) is 3.31. The maximum atomic E-state index is 12.9. The number of benzene rings is 3. The van der Waals surface area contributed by atoms with Gasteiger partial charge in [-0.15, -0.1) is 0 Å². The summed E-state index contributed by atoms with van der Waals surface area (Å²) < 4.78 is 11.6. The standard InChI is InChI=1S/C26H19BrCl2N2O5S/c1-35-21-11-16(10-18(27)24(21)36-14-23(32)30-20-5-3-2-4-19(20)29)12-22-25(33)31(26(34)37-22)13-15-6-8-17(28)9-7-15/h2-12H,13-14H2,1H3,(H,30,32)/b22-12-. The molecule has 0 spiro atoms. The van der Waals surface area contributed by atoms with Gasteiger partial charge in [0.05, 0.1) is 33.7 Å². The first-order chi connectivity index (χ1) is 17.7. The van der Waals surface area contributed by atoms with Crippen molar-refractivity contribution in [3.63, 3.8) is 0 Å². The lowest BCUT2D eigenvalue weighted by Gasteiger charge is -2.14. The van der Waals surface area contributed by atoms with E-state index in [1.54, 1.807) is 66.7 Å². The van der Waals surface area contributed by atoms with Gasteiger partial charge in [0.2, 0.25) is 0 Å². The van der Waals surface area contributed by atoms with Gasteiger partial charge in [0.15, 0.2) is 18.1 Å². The van der Waals surface area contributed by atoms with Crippen LogP contribution < -0.4 is 14.8 Å². The third kappa shape index (κ3) is 6.67. The minimum Gasteiger partial charge on any atom is -0.493 e. The normalized spacial score (nSPS) is 14.3. The van der Waals surface area contributed by atoms with Crippen molar-refractivity contribution >= 4 is 79.7 Å². The van der Waals surface area contributed by atoms with Gasteiger partial charge >= 0.3 is 0 Å². The molecule has 1 heterocycles. The molecule has 0 saturated carbocycles. The Kier molecular flexibility index (Phi) is 8.81. The maximum absolute atomic E-state index is 12.9. The predicted octanol–water partition coefficient (Wildman–Crippen LogP) is 7.02. The third-order valence-corrected chi connectivity index (χ3v) is 7.25. The van der Waals surface area contributed by atoms with Crippen LogP contribution in [-0.4, -0.2) is 35.7 Å². The number of carbonyl (C=O) groups is 3. The molecule has 0 unspecified atom stereocenters. The maximum Gasteiger partial charge on any atom is 0.293 e. The Bertz CT molecular complexity index is 1400. The molecular formula is C26H19BrCl2N2O5S. The number of methoxy groups -OCH3 is 1. The Morgan fingerprint density at radius 2 is 1.84 bits per heavy atom. The van der Waals surface area contributed by atoms with Crippen molar-refractivity contribution < 1.29 is 23.9 Å². The van der Waals surface area contributed by atoms with Crippen LogP contribution in [0.2, 0.25) is 10.0 Å². The topological polar surface area (TPSA) is 84.9 Å². The molecule has 0 atom stereocenters. The van der Waals surface area contributed by atoms with Gasteiger partial charge in [-0.2, -0.15) is 0 Å². The molecule has 0 bridgehead atoms. The molecule has 7 nitrogen and oxygen atoms in total. The van der Waals surface area contributed by atoms with Gasteiger partial charge in [0.25, 0.3) is 17.1 Å². The number of halogens is 3. The largest absolute Gasteiger partial charge is 0.493 e. The zero-order valence-corrected chi connectivity index (χ0v) is 23.2. The zero-order valence-electron chi connectivity index (χ0n) is 19.3. The molecule has 11 heteroatoms. The minimum atomic E-state index is -0.402. The number of ether oxygens (including phenoxy) is 2. The van der Waals surface area contributed by atoms with Crippen molar-refractivity contribution in [2.45, 2.75) is 6.54 Å². The summed E-state index contributed by atoms with van der Waals surface area (Å²) in [6, 6.07) is 17.2. The Hall–Kier alpha value is -2.98. The van der Waals surface area contributed by atoms with Crippen LogP contribution in [0.1, 0.15) is 11.1 Å². The predicted molar refractivity (Wildman–Crippen MR) is 149 cm³/mol. The second-order valence-electron chi connectivity index (χ2n) is 7.75. The zero-order chi connectivity index (χ0) is 26.5. The van der Waals surface area contributed by atoms with Crippen molar-refractivity contribution in [3.05, 3.63) is 91.2 Å². The van der Waals surface area contributed by atoms with Crippen molar-refractivity contribution in [1.29, 1.82) is 0 Å². The Morgan fingerprint density at radius 1 is 1.11 bits per heavy atom. The van der Waals surface area contributed by atoms with Crippen LogP contribution in [-0.2, 0) is 16.1 Å². The molecule has 1 fully saturated rings. The molecule has 37 heavy (non-hydrogen) atoms. The third-order valence-electron chi connectivity index (χ3n) is 5.17. The van der Waals surface area contributed by atoms with E-state index in [4.69, 9.17) is 32.7 Å². The summed E-state index contributed by atoms with van der Waals surface area (Å²) in [7, 11) is 1.46. The van der Waals surface area contributed by atoms with Gasteiger partial charge in [0, 0.05) is 5.02 Å². The van der Waals surface area contributed by atoms with Crippen LogP contribution in [0.15, 0.2) is 70.0 Å². The quantitative estimate of drug-likeness (QED) is 0.272. The van der Waals surface area contributed by atoms with Crippen molar-refractivity contribution in [1.82, 2.24) is 4.90 Å². The lowest BCUT2D eigenvalue weighted by atomic mass is 10.1. The highest BCUT2D eigenvalue weighted by molar-refractivity contribution is 9.10. The molecule has 0 aliphatic carbocycles. The molecule has 1 saturated heterocycles. The molecule has 1 N–H and O–H groups in total. The van der Waals surface area contributed by atoms with Crippen LogP contribution in [0.4, 0.5) is 10.5 Å². The number of amides is 3. The molecular weight excluding hydrogens is 603 g/mol. The molecule has 0 radical (unpaired) electrons. The molecule has 4 rings (SSSR count). The van der Waals surface area contributed by atoms with Gasteiger partial charge in [-0.25, -0.2) is 0 Å². The number of nitrogens with zero attached hydrogens (tertiary/aromatic N) is 1. The van der Waals surface area contributed by atoms with Crippen molar-refractivity contribution in [2.75, 3.05) is 19.0 Å². The van der Waals surface area contributed by atoms with Crippen LogP contribution in [0.25, 0.3) is 6.08 Å².